The second kappa shape index (κ2) is 4.11. The third-order valence-corrected chi connectivity index (χ3v) is 1.90. The van der Waals surface area contributed by atoms with Crippen molar-refractivity contribution in [1.29, 1.82) is 5.26 Å². The van der Waals surface area contributed by atoms with Crippen molar-refractivity contribution in [3.05, 3.63) is 18.6 Å². The van der Waals surface area contributed by atoms with Crippen LogP contribution in [0.15, 0.2) is 12.2 Å². The molecule has 1 heteroatoms. The van der Waals surface area contributed by atoms with E-state index in [-0.39, 0.29) is 0 Å². The van der Waals surface area contributed by atoms with Crippen molar-refractivity contribution in [2.24, 2.45) is 5.92 Å². The summed E-state index contributed by atoms with van der Waals surface area (Å²) in [6.07, 6.45) is 10.9. The summed E-state index contributed by atoms with van der Waals surface area (Å²) in [4.78, 5) is 0. The average molecular weight is 134 g/mol. The number of allylic oxidation sites excluding steroid dienone is 2. The molecular weight excluding hydrogens is 122 g/mol. The molecule has 0 saturated heterocycles. The zero-order chi connectivity index (χ0) is 7.23. The first kappa shape index (κ1) is 7.34. The molecule has 0 aliphatic heterocycles. The Balaban J connectivity index is 2.27. The van der Waals surface area contributed by atoms with E-state index in [9.17, 15) is 0 Å². The number of rotatable bonds is 1. The van der Waals surface area contributed by atoms with Crippen molar-refractivity contribution >= 4 is 0 Å². The van der Waals surface area contributed by atoms with Gasteiger partial charge in [0.1, 0.15) is 0 Å². The first-order chi connectivity index (χ1) is 4.93. The van der Waals surface area contributed by atoms with Crippen LogP contribution in [-0.4, -0.2) is 0 Å². The fraction of sp³-hybridized carbons (Fsp3) is 0.556. The smallest absolute Gasteiger partial charge is 0.0908 e. The highest BCUT2D eigenvalue weighted by Crippen LogP contribution is 2.23. The highest BCUT2D eigenvalue weighted by Gasteiger charge is 2.09. The lowest BCUT2D eigenvalue weighted by molar-refractivity contribution is 0.490. The highest BCUT2D eigenvalue weighted by atomic mass is 14.2. The van der Waals surface area contributed by atoms with E-state index in [2.05, 4.69) is 6.42 Å². The van der Waals surface area contributed by atoms with Gasteiger partial charge in [-0.15, -0.1) is 0 Å². The Kier molecular flexibility index (Phi) is 3.02. The summed E-state index contributed by atoms with van der Waals surface area (Å²) in [7, 11) is 0. The molecule has 0 aromatic carbocycles. The van der Waals surface area contributed by atoms with E-state index in [4.69, 9.17) is 5.26 Å². The zero-order valence-electron chi connectivity index (χ0n) is 6.09. The number of nitriles is 1. The zero-order valence-corrected chi connectivity index (χ0v) is 6.09. The molecule has 0 N–H and O–H groups in total. The standard InChI is InChI=1S/C9H12N/c10-8-4-7-9-5-2-1-3-6-9/h2,4,7,9H,1,3,5-6H2. The van der Waals surface area contributed by atoms with Gasteiger partial charge in [-0.25, -0.2) is 0 Å². The molecule has 1 aliphatic carbocycles. The van der Waals surface area contributed by atoms with Crippen LogP contribution in [0.25, 0.3) is 0 Å². The molecule has 0 aromatic heterocycles. The Labute approximate surface area is 62.4 Å². The van der Waals surface area contributed by atoms with Crippen LogP contribution >= 0.6 is 0 Å². The predicted octanol–water partition coefficient (Wildman–Crippen LogP) is 2.46. The molecule has 0 bridgehead atoms. The molecule has 0 aromatic rings. The van der Waals surface area contributed by atoms with Crippen LogP contribution in [0.2, 0.25) is 0 Å². The van der Waals surface area contributed by atoms with Crippen LogP contribution in [0.4, 0.5) is 0 Å². The van der Waals surface area contributed by atoms with Crippen LogP contribution in [-0.2, 0) is 0 Å². The first-order valence-electron chi connectivity index (χ1n) is 3.81. The van der Waals surface area contributed by atoms with Crippen molar-refractivity contribution in [3.63, 3.8) is 0 Å². The van der Waals surface area contributed by atoms with E-state index in [0.29, 0.717) is 5.92 Å². The molecule has 1 radical (unpaired) electrons. The quantitative estimate of drug-likeness (QED) is 0.505. The van der Waals surface area contributed by atoms with Gasteiger partial charge in [-0.05, 0) is 25.2 Å². The van der Waals surface area contributed by atoms with Crippen LogP contribution in [0.5, 0.6) is 0 Å². The molecule has 53 valence electrons. The summed E-state index contributed by atoms with van der Waals surface area (Å²) in [6, 6.07) is 2.02. The van der Waals surface area contributed by atoms with Crippen LogP contribution in [0.3, 0.4) is 0 Å². The van der Waals surface area contributed by atoms with Gasteiger partial charge in [-0.2, -0.15) is 5.26 Å². The maximum absolute atomic E-state index is 8.25. The molecule has 10 heavy (non-hydrogen) atoms. The van der Waals surface area contributed by atoms with E-state index in [1.165, 1.54) is 19.3 Å². The lowest BCUT2D eigenvalue weighted by Crippen LogP contribution is -2.02. The Morgan fingerprint density at radius 2 is 2.50 bits per heavy atom. The fourth-order valence-electron chi connectivity index (χ4n) is 1.33. The van der Waals surface area contributed by atoms with Crippen LogP contribution in [0.1, 0.15) is 25.7 Å². The number of hydrogen-bond acceptors (Lipinski definition) is 1. The van der Waals surface area contributed by atoms with Gasteiger partial charge in [0.25, 0.3) is 0 Å². The molecule has 1 rings (SSSR count). The van der Waals surface area contributed by atoms with Gasteiger partial charge in [0, 0.05) is 6.08 Å². The lowest BCUT2D eigenvalue weighted by atomic mass is 9.89. The second-order valence-corrected chi connectivity index (χ2v) is 2.70. The van der Waals surface area contributed by atoms with E-state index < -0.39 is 0 Å². The largest absolute Gasteiger partial charge is 0.193 e. The van der Waals surface area contributed by atoms with Gasteiger partial charge in [0.2, 0.25) is 0 Å². The van der Waals surface area contributed by atoms with E-state index in [0.717, 1.165) is 6.42 Å². The molecule has 0 spiro atoms. The van der Waals surface area contributed by atoms with Gasteiger partial charge in [-0.3, -0.25) is 0 Å². The van der Waals surface area contributed by atoms with Crippen molar-refractivity contribution < 1.29 is 0 Å². The SMILES string of the molecule is N#CC=CC1C[CH]CCC1. The third kappa shape index (κ3) is 2.23. The molecule has 0 heterocycles. The first-order valence-corrected chi connectivity index (χ1v) is 3.81. The predicted molar refractivity (Wildman–Crippen MR) is 41.0 cm³/mol. The van der Waals surface area contributed by atoms with E-state index >= 15 is 0 Å². The van der Waals surface area contributed by atoms with Gasteiger partial charge >= 0.3 is 0 Å². The Hall–Kier alpha value is -0.770. The molecular formula is C9H12N. The Morgan fingerprint density at radius 1 is 1.60 bits per heavy atom. The summed E-state index contributed by atoms with van der Waals surface area (Å²) in [6.45, 7) is 0. The molecule has 1 nitrogen and oxygen atoms in total. The third-order valence-electron chi connectivity index (χ3n) is 1.90. The van der Waals surface area contributed by atoms with E-state index in [1.807, 2.05) is 12.1 Å². The minimum Gasteiger partial charge on any atom is -0.193 e. The van der Waals surface area contributed by atoms with Gasteiger partial charge < -0.3 is 0 Å². The van der Waals surface area contributed by atoms with E-state index in [1.54, 1.807) is 6.08 Å². The van der Waals surface area contributed by atoms with Gasteiger partial charge in [-0.1, -0.05) is 18.9 Å². The normalized spacial score (nSPS) is 21.1. The molecule has 1 unspecified atom stereocenters. The summed E-state index contributed by atoms with van der Waals surface area (Å²) in [5.41, 5.74) is 0. The lowest BCUT2D eigenvalue weighted by Gasteiger charge is -2.16. The Bertz CT molecular complexity index is 147. The summed E-state index contributed by atoms with van der Waals surface area (Å²) in [5.74, 6) is 0.647. The van der Waals surface area contributed by atoms with Crippen molar-refractivity contribution in [3.8, 4) is 6.07 Å². The highest BCUT2D eigenvalue weighted by molar-refractivity contribution is 5.05. The fourth-order valence-corrected chi connectivity index (χ4v) is 1.33. The number of hydrogen-bond donors (Lipinski definition) is 0. The van der Waals surface area contributed by atoms with Crippen molar-refractivity contribution in [2.75, 3.05) is 0 Å². The summed E-state index contributed by atoms with van der Waals surface area (Å²) < 4.78 is 0. The Morgan fingerprint density at radius 3 is 3.10 bits per heavy atom. The van der Waals surface area contributed by atoms with Crippen LogP contribution < -0.4 is 0 Å². The maximum Gasteiger partial charge on any atom is 0.0908 e. The van der Waals surface area contributed by atoms with Gasteiger partial charge in [0.05, 0.1) is 6.07 Å². The topological polar surface area (TPSA) is 23.8 Å². The minimum absolute atomic E-state index is 0.647. The summed E-state index contributed by atoms with van der Waals surface area (Å²) >= 11 is 0. The van der Waals surface area contributed by atoms with Crippen molar-refractivity contribution in [1.82, 2.24) is 0 Å². The average Bonchev–Trinajstić information content (AvgIpc) is 2.03. The second-order valence-electron chi connectivity index (χ2n) is 2.70. The van der Waals surface area contributed by atoms with Crippen molar-refractivity contribution in [2.45, 2.75) is 25.7 Å². The minimum atomic E-state index is 0.647. The maximum atomic E-state index is 8.25. The number of nitrogens with zero attached hydrogens (tertiary/aromatic N) is 1. The van der Waals surface area contributed by atoms with Gasteiger partial charge in [0.15, 0.2) is 0 Å². The van der Waals surface area contributed by atoms with Crippen LogP contribution in [0, 0.1) is 23.7 Å². The molecule has 1 fully saturated rings. The molecule has 1 aliphatic rings. The molecule has 1 saturated carbocycles. The monoisotopic (exact) mass is 134 g/mol. The molecule has 1 atom stereocenters. The molecule has 0 amide bonds. The summed E-state index contributed by atoms with van der Waals surface area (Å²) in [5, 5.41) is 8.25.